The first kappa shape index (κ1) is 26.0. The summed E-state index contributed by atoms with van der Waals surface area (Å²) in [5.41, 5.74) is 4.91. The second-order valence-corrected chi connectivity index (χ2v) is 9.11. The third kappa shape index (κ3) is 5.11. The van der Waals surface area contributed by atoms with Gasteiger partial charge in [0.15, 0.2) is 0 Å². The van der Waals surface area contributed by atoms with E-state index in [1.807, 2.05) is 0 Å². The van der Waals surface area contributed by atoms with Gasteiger partial charge in [0.05, 0.1) is 7.11 Å². The minimum Gasteiger partial charge on any atom is -0.507 e. The van der Waals surface area contributed by atoms with Gasteiger partial charge in [0.2, 0.25) is 0 Å². The Hall–Kier alpha value is -4.03. The summed E-state index contributed by atoms with van der Waals surface area (Å²) in [6.07, 6.45) is 0.338. The monoisotopic (exact) mass is 527 g/mol. The van der Waals surface area contributed by atoms with Gasteiger partial charge in [0, 0.05) is 30.2 Å². The molecule has 2 aliphatic heterocycles. The van der Waals surface area contributed by atoms with Crippen molar-refractivity contribution >= 4 is 35.9 Å². The number of thioether (sulfide) groups is 1. The molecule has 2 aliphatic rings. The van der Waals surface area contributed by atoms with Crippen molar-refractivity contribution in [1.29, 1.82) is 0 Å². The van der Waals surface area contributed by atoms with Crippen molar-refractivity contribution in [3.8, 4) is 11.5 Å². The minimum absolute atomic E-state index is 0.00832. The summed E-state index contributed by atoms with van der Waals surface area (Å²) in [6.45, 7) is -0.343. The summed E-state index contributed by atoms with van der Waals surface area (Å²) < 4.78 is 21.1. The van der Waals surface area contributed by atoms with E-state index in [1.165, 1.54) is 36.1 Å². The molecule has 3 N–H and O–H groups in total. The first-order chi connectivity index (χ1) is 17.8. The van der Waals surface area contributed by atoms with Crippen LogP contribution in [-0.2, 0) is 30.4 Å². The molecule has 2 aromatic carbocycles. The number of primary amides is 1. The molecule has 2 amide bonds. The zero-order chi connectivity index (χ0) is 26.6. The number of nitrogens with two attached hydrogens (primary N) is 1. The number of carbonyl (C=O) groups excluding carboxylic acids is 3. The van der Waals surface area contributed by atoms with Gasteiger partial charge in [0.1, 0.15) is 35.8 Å². The van der Waals surface area contributed by atoms with Crippen LogP contribution in [0.2, 0.25) is 0 Å². The lowest BCUT2D eigenvalue weighted by Gasteiger charge is -2.53. The number of ether oxygens (including phenoxy) is 4. The molecular weight excluding hydrogens is 502 g/mol. The summed E-state index contributed by atoms with van der Waals surface area (Å²) in [4.78, 5) is 43.4. The van der Waals surface area contributed by atoms with E-state index in [0.29, 0.717) is 22.4 Å². The van der Waals surface area contributed by atoms with Gasteiger partial charge in [0.25, 0.3) is 11.6 Å². The highest BCUT2D eigenvalue weighted by Crippen LogP contribution is 2.49. The third-order valence-corrected chi connectivity index (χ3v) is 7.20. The van der Waals surface area contributed by atoms with Gasteiger partial charge in [-0.1, -0.05) is 24.3 Å². The van der Waals surface area contributed by atoms with Crippen molar-refractivity contribution in [2.24, 2.45) is 10.7 Å². The summed E-state index contributed by atoms with van der Waals surface area (Å²) in [6, 6.07) is 13.5. The number of β-lactam (4-membered cyclic amide) rings is 1. The lowest BCUT2D eigenvalue weighted by molar-refractivity contribution is -0.183. The number of rotatable bonds is 9. The molecule has 2 heterocycles. The molecule has 0 bridgehead atoms. The normalized spacial score (nSPS) is 20.9. The van der Waals surface area contributed by atoms with Gasteiger partial charge >= 0.3 is 12.1 Å². The number of hydrogen-bond acceptors (Lipinski definition) is 10. The van der Waals surface area contributed by atoms with E-state index < -0.39 is 29.1 Å². The van der Waals surface area contributed by atoms with E-state index in [2.05, 4.69) is 4.99 Å². The van der Waals surface area contributed by atoms with Gasteiger partial charge in [-0.3, -0.25) is 9.69 Å². The predicted molar refractivity (Wildman–Crippen MR) is 134 cm³/mol. The Labute approximate surface area is 216 Å². The highest BCUT2D eigenvalue weighted by Gasteiger charge is 2.66. The molecule has 0 aromatic heterocycles. The fraction of sp³-hybridized carbons (Fsp3) is 0.280. The first-order valence-electron chi connectivity index (χ1n) is 11.1. The third-order valence-electron chi connectivity index (χ3n) is 5.84. The zero-order valence-corrected chi connectivity index (χ0v) is 20.9. The molecule has 0 saturated carbocycles. The lowest BCUT2D eigenvalue weighted by atomic mass is 9.98. The Bertz CT molecular complexity index is 1260. The Morgan fingerprint density at radius 2 is 1.89 bits per heavy atom. The number of carbonyl (C=O) groups is 3. The van der Waals surface area contributed by atoms with Gasteiger partial charge in [-0.05, 0) is 29.8 Å². The van der Waals surface area contributed by atoms with Crippen molar-refractivity contribution in [2.75, 3.05) is 26.6 Å². The van der Waals surface area contributed by atoms with Crippen molar-refractivity contribution in [3.63, 3.8) is 0 Å². The average Bonchev–Trinajstić information content (AvgIpc) is 2.91. The standard InChI is InChI=1S/C25H25N3O8S/c1-33-18-9-7-15(8-10-18)12-35-21(30)20-17(13-36-24(26)32)14-37-23-25(34-2,22(31)28(20)23)27-11-16-5-3-4-6-19(16)29/h3-11,23,29H,12-14H2,1-2H3,(H2,26,32)/b27-11-. The summed E-state index contributed by atoms with van der Waals surface area (Å²) in [5.74, 6) is -0.501. The fourth-order valence-corrected chi connectivity index (χ4v) is 5.30. The zero-order valence-electron chi connectivity index (χ0n) is 20.1. The molecular formula is C25H25N3O8S. The Morgan fingerprint density at radius 3 is 2.54 bits per heavy atom. The maximum absolute atomic E-state index is 13.4. The Morgan fingerprint density at radius 1 is 1.16 bits per heavy atom. The maximum Gasteiger partial charge on any atom is 0.404 e. The summed E-state index contributed by atoms with van der Waals surface area (Å²) >= 11 is 1.28. The minimum atomic E-state index is -1.62. The topological polar surface area (TPSA) is 150 Å². The van der Waals surface area contributed by atoms with Gasteiger partial charge < -0.3 is 29.8 Å². The number of aromatic hydroxyl groups is 1. The number of hydrogen-bond donors (Lipinski definition) is 2. The molecule has 0 aliphatic carbocycles. The van der Waals surface area contributed by atoms with Crippen LogP contribution in [0.4, 0.5) is 4.79 Å². The molecule has 37 heavy (non-hydrogen) atoms. The van der Waals surface area contributed by atoms with Crippen LogP contribution in [0.5, 0.6) is 11.5 Å². The van der Waals surface area contributed by atoms with Crippen molar-refractivity contribution in [1.82, 2.24) is 4.90 Å². The van der Waals surface area contributed by atoms with Gasteiger partial charge in [-0.15, -0.1) is 11.8 Å². The number of phenols is 1. The fourth-order valence-electron chi connectivity index (χ4n) is 3.89. The van der Waals surface area contributed by atoms with E-state index in [-0.39, 0.29) is 30.4 Å². The van der Waals surface area contributed by atoms with Crippen LogP contribution in [0.3, 0.4) is 0 Å². The van der Waals surface area contributed by atoms with Gasteiger partial charge in [-0.25, -0.2) is 14.6 Å². The van der Waals surface area contributed by atoms with Crippen LogP contribution in [0.15, 0.2) is 64.8 Å². The maximum atomic E-state index is 13.4. The van der Waals surface area contributed by atoms with E-state index in [1.54, 1.807) is 49.6 Å². The van der Waals surface area contributed by atoms with E-state index in [9.17, 15) is 19.5 Å². The summed E-state index contributed by atoms with van der Waals surface area (Å²) in [7, 11) is 2.89. The van der Waals surface area contributed by atoms with E-state index in [0.717, 1.165) is 0 Å². The van der Waals surface area contributed by atoms with E-state index in [4.69, 9.17) is 24.7 Å². The predicted octanol–water partition coefficient (Wildman–Crippen LogP) is 2.17. The number of amides is 2. The quantitative estimate of drug-likeness (QED) is 0.284. The number of aliphatic imine (C=N–C) groups is 1. The van der Waals surface area contributed by atoms with Crippen molar-refractivity contribution in [2.45, 2.75) is 17.7 Å². The summed E-state index contributed by atoms with van der Waals surface area (Å²) in [5, 5.41) is 9.34. The number of benzene rings is 2. The molecule has 2 unspecified atom stereocenters. The molecule has 2 aromatic rings. The second kappa shape index (κ2) is 10.9. The molecule has 194 valence electrons. The molecule has 1 saturated heterocycles. The average molecular weight is 528 g/mol. The van der Waals surface area contributed by atoms with Crippen LogP contribution in [0, 0.1) is 0 Å². The Kier molecular flexibility index (Phi) is 7.69. The molecule has 1 fully saturated rings. The van der Waals surface area contributed by atoms with Crippen LogP contribution in [0.1, 0.15) is 11.1 Å². The smallest absolute Gasteiger partial charge is 0.404 e. The van der Waals surface area contributed by atoms with Gasteiger partial charge in [-0.2, -0.15) is 0 Å². The molecule has 2 atom stereocenters. The second-order valence-electron chi connectivity index (χ2n) is 8.04. The number of esters is 1. The van der Waals surface area contributed by atoms with Crippen LogP contribution in [0.25, 0.3) is 0 Å². The SMILES string of the molecule is COc1ccc(COC(=O)C2=C(COC(N)=O)CSC3N2C(=O)C3(/N=C\c2ccccc2O)OC)cc1. The van der Waals surface area contributed by atoms with Crippen molar-refractivity contribution in [3.05, 3.63) is 70.9 Å². The molecule has 4 rings (SSSR count). The van der Waals surface area contributed by atoms with Crippen LogP contribution >= 0.6 is 11.8 Å². The molecule has 0 radical (unpaired) electrons. The first-order valence-corrected chi connectivity index (χ1v) is 12.1. The highest BCUT2D eigenvalue weighted by atomic mass is 32.2. The largest absolute Gasteiger partial charge is 0.507 e. The Balaban J connectivity index is 1.59. The number of fused-ring (bicyclic) bond motifs is 1. The molecule has 0 spiro atoms. The number of methoxy groups -OCH3 is 2. The van der Waals surface area contributed by atoms with E-state index >= 15 is 0 Å². The van der Waals surface area contributed by atoms with Crippen molar-refractivity contribution < 1.29 is 38.4 Å². The van der Waals surface area contributed by atoms with Crippen LogP contribution in [-0.4, -0.2) is 71.9 Å². The number of para-hydroxylation sites is 1. The number of nitrogens with zero attached hydrogens (tertiary/aromatic N) is 2. The highest BCUT2D eigenvalue weighted by molar-refractivity contribution is 8.00. The number of phenolic OH excluding ortho intramolecular Hbond substituents is 1. The van der Waals surface area contributed by atoms with Crippen LogP contribution < -0.4 is 10.5 Å². The molecule has 12 heteroatoms. The lowest BCUT2D eigenvalue weighted by Crippen LogP contribution is -2.73. The molecule has 11 nitrogen and oxygen atoms in total.